The van der Waals surface area contributed by atoms with Crippen LogP contribution in [0.25, 0.3) is 17.1 Å². The van der Waals surface area contributed by atoms with E-state index in [4.69, 9.17) is 11.6 Å². The summed E-state index contributed by atoms with van der Waals surface area (Å²) in [4.78, 5) is 12.4. The highest BCUT2D eigenvalue weighted by molar-refractivity contribution is 7.99. The van der Waals surface area contributed by atoms with Gasteiger partial charge < -0.3 is 5.32 Å². The summed E-state index contributed by atoms with van der Waals surface area (Å²) in [5, 5.41) is 12.7. The molecule has 3 aromatic carbocycles. The number of thioether (sulfide) groups is 1. The molecule has 0 radical (unpaired) electrons. The number of anilines is 1. The number of amides is 1. The van der Waals surface area contributed by atoms with E-state index in [2.05, 4.69) is 28.5 Å². The average Bonchev–Trinajstić information content (AvgIpc) is 3.20. The Morgan fingerprint density at radius 3 is 2.41 bits per heavy atom. The fraction of sp³-hybridized carbons (Fsp3) is 0.125. The summed E-state index contributed by atoms with van der Waals surface area (Å²) >= 11 is 7.33. The summed E-state index contributed by atoms with van der Waals surface area (Å²) in [5.41, 5.74) is 4.63. The van der Waals surface area contributed by atoms with Crippen molar-refractivity contribution in [1.29, 1.82) is 0 Å². The van der Waals surface area contributed by atoms with Gasteiger partial charge in [-0.2, -0.15) is 0 Å². The fourth-order valence-corrected chi connectivity index (χ4v) is 3.99. The van der Waals surface area contributed by atoms with Crippen LogP contribution in [-0.2, 0) is 4.79 Å². The lowest BCUT2D eigenvalue weighted by Crippen LogP contribution is -2.14. The Kier molecular flexibility index (Phi) is 6.58. The van der Waals surface area contributed by atoms with E-state index in [1.165, 1.54) is 41.6 Å². The van der Waals surface area contributed by atoms with Gasteiger partial charge in [0.25, 0.3) is 0 Å². The van der Waals surface area contributed by atoms with Crippen LogP contribution in [0.15, 0.2) is 71.9 Å². The van der Waals surface area contributed by atoms with Crippen LogP contribution in [0.1, 0.15) is 11.1 Å². The Bertz CT molecular complexity index is 1260. The molecule has 32 heavy (non-hydrogen) atoms. The van der Waals surface area contributed by atoms with E-state index in [-0.39, 0.29) is 17.5 Å². The van der Waals surface area contributed by atoms with Crippen molar-refractivity contribution in [1.82, 2.24) is 14.8 Å². The Morgan fingerprint density at radius 2 is 1.72 bits per heavy atom. The highest BCUT2D eigenvalue weighted by Crippen LogP contribution is 2.29. The Hall–Kier alpha value is -3.16. The van der Waals surface area contributed by atoms with Gasteiger partial charge in [-0.25, -0.2) is 4.39 Å². The third-order valence-electron chi connectivity index (χ3n) is 4.94. The zero-order chi connectivity index (χ0) is 22.7. The molecular weight excluding hydrogens is 447 g/mol. The van der Waals surface area contributed by atoms with E-state index in [1.807, 2.05) is 35.8 Å². The van der Waals surface area contributed by atoms with Crippen molar-refractivity contribution in [2.24, 2.45) is 0 Å². The molecule has 1 aromatic heterocycles. The van der Waals surface area contributed by atoms with Crippen molar-refractivity contribution in [3.63, 3.8) is 0 Å². The molecule has 0 unspecified atom stereocenters. The highest BCUT2D eigenvalue weighted by atomic mass is 35.5. The maximum Gasteiger partial charge on any atom is 0.234 e. The number of benzene rings is 3. The molecule has 4 rings (SSSR count). The number of nitrogens with one attached hydrogen (secondary N) is 1. The number of aromatic nitrogens is 3. The molecule has 4 aromatic rings. The average molecular weight is 467 g/mol. The van der Waals surface area contributed by atoms with Crippen molar-refractivity contribution in [3.05, 3.63) is 88.7 Å². The van der Waals surface area contributed by atoms with Crippen molar-refractivity contribution in [2.45, 2.75) is 19.0 Å². The molecule has 162 valence electrons. The molecular formula is C24H20ClFN4OS. The van der Waals surface area contributed by atoms with Gasteiger partial charge in [0.2, 0.25) is 5.91 Å². The molecule has 0 fully saturated rings. The van der Waals surface area contributed by atoms with E-state index in [1.54, 1.807) is 12.1 Å². The van der Waals surface area contributed by atoms with Crippen molar-refractivity contribution >= 4 is 35.0 Å². The molecule has 1 heterocycles. The van der Waals surface area contributed by atoms with Crippen LogP contribution >= 0.6 is 23.4 Å². The van der Waals surface area contributed by atoms with Crippen LogP contribution in [0, 0.1) is 19.7 Å². The van der Waals surface area contributed by atoms with E-state index in [0.717, 1.165) is 16.8 Å². The molecule has 0 saturated heterocycles. The predicted molar refractivity (Wildman–Crippen MR) is 127 cm³/mol. The number of hydrogen-bond donors (Lipinski definition) is 1. The molecule has 0 saturated carbocycles. The molecule has 0 bridgehead atoms. The Balaban J connectivity index is 1.62. The van der Waals surface area contributed by atoms with Crippen molar-refractivity contribution < 1.29 is 9.18 Å². The normalized spacial score (nSPS) is 10.9. The van der Waals surface area contributed by atoms with Gasteiger partial charge in [0, 0.05) is 16.3 Å². The summed E-state index contributed by atoms with van der Waals surface area (Å²) in [6.07, 6.45) is 0. The minimum absolute atomic E-state index is 0.126. The summed E-state index contributed by atoms with van der Waals surface area (Å²) in [7, 11) is 0. The Morgan fingerprint density at radius 1 is 1.00 bits per heavy atom. The van der Waals surface area contributed by atoms with Gasteiger partial charge in [0.05, 0.1) is 11.4 Å². The molecule has 1 amide bonds. The second-order valence-electron chi connectivity index (χ2n) is 7.26. The minimum atomic E-state index is -0.353. The number of halogens is 2. The van der Waals surface area contributed by atoms with Crippen LogP contribution in [0.2, 0.25) is 5.02 Å². The second-order valence-corrected chi connectivity index (χ2v) is 8.64. The SMILES string of the molecule is Cc1ccc(-n2c(SCC(=O)Nc3ccc(F)cc3)nnc2-c2ccc(Cl)cc2)cc1C. The second kappa shape index (κ2) is 9.54. The lowest BCUT2D eigenvalue weighted by atomic mass is 10.1. The van der Waals surface area contributed by atoms with Crippen LogP contribution in [-0.4, -0.2) is 26.4 Å². The van der Waals surface area contributed by atoms with Gasteiger partial charge >= 0.3 is 0 Å². The first-order valence-electron chi connectivity index (χ1n) is 9.88. The Labute approximate surface area is 194 Å². The first-order valence-corrected chi connectivity index (χ1v) is 11.2. The molecule has 1 N–H and O–H groups in total. The first-order chi connectivity index (χ1) is 15.4. The van der Waals surface area contributed by atoms with E-state index >= 15 is 0 Å². The smallest absolute Gasteiger partial charge is 0.234 e. The van der Waals surface area contributed by atoms with E-state index in [9.17, 15) is 9.18 Å². The summed E-state index contributed by atoms with van der Waals surface area (Å²) in [6.45, 7) is 4.11. The predicted octanol–water partition coefficient (Wildman–Crippen LogP) is 6.07. The van der Waals surface area contributed by atoms with Gasteiger partial charge in [-0.3, -0.25) is 9.36 Å². The fourth-order valence-electron chi connectivity index (χ4n) is 3.11. The van der Waals surface area contributed by atoms with Gasteiger partial charge in [-0.15, -0.1) is 10.2 Å². The number of carbonyl (C=O) groups is 1. The van der Waals surface area contributed by atoms with Gasteiger partial charge in [-0.05, 0) is 85.6 Å². The summed E-state index contributed by atoms with van der Waals surface area (Å²) in [6, 6.07) is 19.2. The van der Waals surface area contributed by atoms with Crippen LogP contribution in [0.5, 0.6) is 0 Å². The van der Waals surface area contributed by atoms with Gasteiger partial charge in [0.15, 0.2) is 11.0 Å². The third kappa shape index (κ3) is 5.00. The lowest BCUT2D eigenvalue weighted by molar-refractivity contribution is -0.113. The summed E-state index contributed by atoms with van der Waals surface area (Å²) in [5.74, 6) is 0.213. The van der Waals surface area contributed by atoms with Crippen LogP contribution in [0.3, 0.4) is 0 Å². The molecule has 0 aliphatic heterocycles. The molecule has 0 aliphatic rings. The van der Waals surface area contributed by atoms with Crippen molar-refractivity contribution in [2.75, 3.05) is 11.1 Å². The number of aryl methyl sites for hydroxylation is 2. The molecule has 8 heteroatoms. The van der Waals surface area contributed by atoms with Crippen molar-refractivity contribution in [3.8, 4) is 17.1 Å². The molecule has 5 nitrogen and oxygen atoms in total. The zero-order valence-electron chi connectivity index (χ0n) is 17.5. The van der Waals surface area contributed by atoms with E-state index in [0.29, 0.717) is 21.7 Å². The summed E-state index contributed by atoms with van der Waals surface area (Å²) < 4.78 is 15.0. The number of carbonyl (C=O) groups excluding carboxylic acids is 1. The monoisotopic (exact) mass is 466 g/mol. The van der Waals surface area contributed by atoms with Crippen LogP contribution < -0.4 is 5.32 Å². The van der Waals surface area contributed by atoms with Gasteiger partial charge in [0.1, 0.15) is 5.82 Å². The molecule has 0 spiro atoms. The first kappa shape index (κ1) is 22.0. The highest BCUT2D eigenvalue weighted by Gasteiger charge is 2.18. The number of nitrogens with zero attached hydrogens (tertiary/aromatic N) is 3. The largest absolute Gasteiger partial charge is 0.325 e. The minimum Gasteiger partial charge on any atom is -0.325 e. The number of hydrogen-bond acceptors (Lipinski definition) is 4. The van der Waals surface area contributed by atoms with Gasteiger partial charge in [-0.1, -0.05) is 29.4 Å². The van der Waals surface area contributed by atoms with Crippen LogP contribution in [0.4, 0.5) is 10.1 Å². The standard InChI is InChI=1S/C24H20ClFN4OS/c1-15-3-12-21(13-16(15)2)30-23(17-4-6-18(25)7-5-17)28-29-24(30)32-14-22(31)27-20-10-8-19(26)9-11-20/h3-13H,14H2,1-2H3,(H,27,31). The maximum atomic E-state index is 13.1. The maximum absolute atomic E-state index is 13.1. The lowest BCUT2D eigenvalue weighted by Gasteiger charge is -2.12. The molecule has 0 aliphatic carbocycles. The molecule has 0 atom stereocenters. The van der Waals surface area contributed by atoms with E-state index < -0.39 is 0 Å². The third-order valence-corrected chi connectivity index (χ3v) is 6.13. The quantitative estimate of drug-likeness (QED) is 0.350. The topological polar surface area (TPSA) is 59.8 Å². The zero-order valence-corrected chi connectivity index (χ0v) is 19.0. The number of rotatable bonds is 6.